The molecule has 0 bridgehead atoms. The Hall–Kier alpha value is -1.25. The lowest BCUT2D eigenvalue weighted by atomic mass is 10.1. The van der Waals surface area contributed by atoms with E-state index in [-0.39, 0.29) is 0 Å². The Morgan fingerprint density at radius 3 is 2.53 bits per heavy atom. The number of hydrogen-bond donors (Lipinski definition) is 1. The predicted octanol–water partition coefficient (Wildman–Crippen LogP) is 3.64. The summed E-state index contributed by atoms with van der Waals surface area (Å²) in [4.78, 5) is 4.01. The Morgan fingerprint density at radius 1 is 1.07 bits per heavy atom. The standard InChI is InChI=1S/C11H8Cl2N2/c12-7-1-2-8(10(13)5-7)9-6-15-4-3-11(9)14/h1-6H,(H2,14,15). The van der Waals surface area contributed by atoms with Crippen LogP contribution in [0.25, 0.3) is 11.1 Å². The van der Waals surface area contributed by atoms with Gasteiger partial charge in [0.1, 0.15) is 0 Å². The summed E-state index contributed by atoms with van der Waals surface area (Å²) in [5, 5.41) is 1.17. The minimum atomic E-state index is 0.571. The average Bonchev–Trinajstić information content (AvgIpc) is 2.20. The van der Waals surface area contributed by atoms with Crippen LogP contribution in [0, 0.1) is 0 Å². The summed E-state index contributed by atoms with van der Waals surface area (Å²) in [5.41, 5.74) is 8.13. The molecule has 0 atom stereocenters. The van der Waals surface area contributed by atoms with Gasteiger partial charge in [-0.05, 0) is 18.2 Å². The number of nitrogen functional groups attached to an aromatic ring is 1. The summed E-state index contributed by atoms with van der Waals surface area (Å²) in [6.45, 7) is 0. The van der Waals surface area contributed by atoms with Crippen LogP contribution >= 0.6 is 23.2 Å². The smallest absolute Gasteiger partial charge is 0.0500 e. The minimum absolute atomic E-state index is 0.571. The summed E-state index contributed by atoms with van der Waals surface area (Å²) in [5.74, 6) is 0. The molecule has 76 valence electrons. The van der Waals surface area contributed by atoms with Crippen LogP contribution in [0.1, 0.15) is 0 Å². The molecule has 0 unspecified atom stereocenters. The number of aromatic nitrogens is 1. The van der Waals surface area contributed by atoms with E-state index >= 15 is 0 Å². The monoisotopic (exact) mass is 238 g/mol. The number of anilines is 1. The van der Waals surface area contributed by atoms with Crippen molar-refractivity contribution in [1.29, 1.82) is 0 Å². The lowest BCUT2D eigenvalue weighted by molar-refractivity contribution is 1.33. The molecule has 0 fully saturated rings. The molecular formula is C11H8Cl2N2. The van der Waals surface area contributed by atoms with Gasteiger partial charge in [0.05, 0.1) is 5.02 Å². The van der Waals surface area contributed by atoms with Crippen LogP contribution in [0.2, 0.25) is 10.0 Å². The molecule has 2 nitrogen and oxygen atoms in total. The Labute approximate surface area is 97.7 Å². The van der Waals surface area contributed by atoms with E-state index in [1.54, 1.807) is 30.6 Å². The van der Waals surface area contributed by atoms with E-state index in [1.165, 1.54) is 0 Å². The maximum absolute atomic E-state index is 6.07. The second-order valence-corrected chi connectivity index (χ2v) is 3.93. The number of pyridine rings is 1. The van der Waals surface area contributed by atoms with Crippen molar-refractivity contribution in [3.63, 3.8) is 0 Å². The molecule has 2 N–H and O–H groups in total. The summed E-state index contributed by atoms with van der Waals surface area (Å²) in [6, 6.07) is 7.03. The second kappa shape index (κ2) is 4.09. The predicted molar refractivity (Wildman–Crippen MR) is 64.1 cm³/mol. The lowest BCUT2D eigenvalue weighted by Gasteiger charge is -2.06. The molecule has 2 aromatic rings. The van der Waals surface area contributed by atoms with Gasteiger partial charge in [-0.3, -0.25) is 4.98 Å². The summed E-state index contributed by atoms with van der Waals surface area (Å²) >= 11 is 11.9. The van der Waals surface area contributed by atoms with E-state index in [2.05, 4.69) is 4.98 Å². The molecule has 0 amide bonds. The van der Waals surface area contributed by atoms with Crippen molar-refractivity contribution in [3.8, 4) is 11.1 Å². The van der Waals surface area contributed by atoms with Crippen LogP contribution < -0.4 is 5.73 Å². The summed E-state index contributed by atoms with van der Waals surface area (Å²) < 4.78 is 0. The van der Waals surface area contributed by atoms with Gasteiger partial charge in [0.25, 0.3) is 0 Å². The van der Waals surface area contributed by atoms with E-state index in [1.807, 2.05) is 6.07 Å². The summed E-state index contributed by atoms with van der Waals surface area (Å²) in [7, 11) is 0. The van der Waals surface area contributed by atoms with Crippen molar-refractivity contribution in [3.05, 3.63) is 46.7 Å². The van der Waals surface area contributed by atoms with Gasteiger partial charge in [0, 0.05) is 34.2 Å². The Morgan fingerprint density at radius 2 is 1.87 bits per heavy atom. The highest BCUT2D eigenvalue weighted by atomic mass is 35.5. The zero-order chi connectivity index (χ0) is 10.8. The van der Waals surface area contributed by atoms with Gasteiger partial charge < -0.3 is 5.73 Å². The maximum Gasteiger partial charge on any atom is 0.0500 e. The molecule has 2 rings (SSSR count). The number of nitrogens with zero attached hydrogens (tertiary/aromatic N) is 1. The van der Waals surface area contributed by atoms with Crippen molar-refractivity contribution < 1.29 is 0 Å². The third kappa shape index (κ3) is 2.06. The lowest BCUT2D eigenvalue weighted by Crippen LogP contribution is -1.91. The maximum atomic E-state index is 6.07. The van der Waals surface area contributed by atoms with Crippen molar-refractivity contribution >= 4 is 28.9 Å². The topological polar surface area (TPSA) is 38.9 Å². The highest BCUT2D eigenvalue weighted by molar-refractivity contribution is 6.36. The molecule has 1 aromatic carbocycles. The third-order valence-corrected chi connectivity index (χ3v) is 2.62. The van der Waals surface area contributed by atoms with Crippen LogP contribution in [0.4, 0.5) is 5.69 Å². The number of hydrogen-bond acceptors (Lipinski definition) is 2. The zero-order valence-corrected chi connectivity index (χ0v) is 9.26. The highest BCUT2D eigenvalue weighted by Gasteiger charge is 2.06. The Balaban J connectivity index is 2.60. The van der Waals surface area contributed by atoms with Gasteiger partial charge in [-0.15, -0.1) is 0 Å². The first-order valence-electron chi connectivity index (χ1n) is 4.33. The van der Waals surface area contributed by atoms with Gasteiger partial charge in [-0.1, -0.05) is 29.3 Å². The molecule has 0 aliphatic heterocycles. The normalized spacial score (nSPS) is 10.3. The fourth-order valence-corrected chi connectivity index (χ4v) is 1.85. The Bertz CT molecular complexity index is 498. The molecule has 15 heavy (non-hydrogen) atoms. The zero-order valence-electron chi connectivity index (χ0n) is 7.74. The van der Waals surface area contributed by atoms with E-state index < -0.39 is 0 Å². The quantitative estimate of drug-likeness (QED) is 0.825. The Kier molecular flexibility index (Phi) is 2.80. The van der Waals surface area contributed by atoms with Crippen molar-refractivity contribution in [2.24, 2.45) is 0 Å². The van der Waals surface area contributed by atoms with Gasteiger partial charge in [0.2, 0.25) is 0 Å². The first-order valence-corrected chi connectivity index (χ1v) is 5.09. The van der Waals surface area contributed by atoms with Gasteiger partial charge in [0.15, 0.2) is 0 Å². The van der Waals surface area contributed by atoms with Crippen LogP contribution in [-0.4, -0.2) is 4.98 Å². The molecule has 4 heteroatoms. The van der Waals surface area contributed by atoms with Gasteiger partial charge in [-0.25, -0.2) is 0 Å². The molecule has 0 radical (unpaired) electrons. The molecule has 1 heterocycles. The number of benzene rings is 1. The van der Waals surface area contributed by atoms with E-state index in [0.717, 1.165) is 11.1 Å². The summed E-state index contributed by atoms with van der Waals surface area (Å²) in [6.07, 6.45) is 3.33. The van der Waals surface area contributed by atoms with Crippen LogP contribution in [-0.2, 0) is 0 Å². The molecule has 0 aliphatic carbocycles. The molecule has 0 saturated carbocycles. The average molecular weight is 239 g/mol. The molecule has 1 aromatic heterocycles. The van der Waals surface area contributed by atoms with Crippen LogP contribution in [0.5, 0.6) is 0 Å². The first kappa shape index (κ1) is 10.3. The van der Waals surface area contributed by atoms with Crippen molar-refractivity contribution in [2.75, 3.05) is 5.73 Å². The fourth-order valence-electron chi connectivity index (χ4n) is 1.34. The SMILES string of the molecule is Nc1ccncc1-c1ccc(Cl)cc1Cl. The molecule has 0 aliphatic rings. The third-order valence-electron chi connectivity index (χ3n) is 2.08. The molecule has 0 saturated heterocycles. The van der Waals surface area contributed by atoms with Crippen molar-refractivity contribution in [2.45, 2.75) is 0 Å². The van der Waals surface area contributed by atoms with Crippen molar-refractivity contribution in [1.82, 2.24) is 4.98 Å². The molecule has 0 spiro atoms. The van der Waals surface area contributed by atoms with E-state index in [4.69, 9.17) is 28.9 Å². The number of rotatable bonds is 1. The largest absolute Gasteiger partial charge is 0.398 e. The minimum Gasteiger partial charge on any atom is -0.398 e. The van der Waals surface area contributed by atoms with Crippen LogP contribution in [0.3, 0.4) is 0 Å². The molecular weight excluding hydrogens is 231 g/mol. The van der Waals surface area contributed by atoms with Crippen LogP contribution in [0.15, 0.2) is 36.7 Å². The number of halogens is 2. The second-order valence-electron chi connectivity index (χ2n) is 3.09. The van der Waals surface area contributed by atoms with Gasteiger partial charge >= 0.3 is 0 Å². The van der Waals surface area contributed by atoms with E-state index in [0.29, 0.717) is 15.7 Å². The van der Waals surface area contributed by atoms with Gasteiger partial charge in [-0.2, -0.15) is 0 Å². The first-order chi connectivity index (χ1) is 7.18. The van der Waals surface area contributed by atoms with E-state index in [9.17, 15) is 0 Å². The fraction of sp³-hybridized carbons (Fsp3) is 0. The highest BCUT2D eigenvalue weighted by Crippen LogP contribution is 2.32. The number of nitrogens with two attached hydrogens (primary N) is 1.